The summed E-state index contributed by atoms with van der Waals surface area (Å²) in [6.45, 7) is 1.96. The standard InChI is InChI=1S/C15H13Cl2N3OS/c1-9-4-2-3-5-13(9)18-15(22)20-19-14(21)11-7-6-10(16)8-12(11)17/h2-8H,1H3,(H,19,21)(H2,18,20,22). The first-order valence-corrected chi connectivity index (χ1v) is 7.52. The molecule has 0 fully saturated rings. The van der Waals surface area contributed by atoms with Crippen LogP contribution in [0.4, 0.5) is 5.69 Å². The lowest BCUT2D eigenvalue weighted by Gasteiger charge is -2.13. The maximum atomic E-state index is 12.0. The fourth-order valence-electron chi connectivity index (χ4n) is 1.72. The van der Waals surface area contributed by atoms with Gasteiger partial charge in [-0.1, -0.05) is 41.4 Å². The van der Waals surface area contributed by atoms with Crippen LogP contribution in [0.2, 0.25) is 10.0 Å². The van der Waals surface area contributed by atoms with Crippen LogP contribution in [-0.4, -0.2) is 11.0 Å². The van der Waals surface area contributed by atoms with E-state index in [2.05, 4.69) is 16.2 Å². The van der Waals surface area contributed by atoms with Crippen molar-refractivity contribution in [1.82, 2.24) is 10.9 Å². The van der Waals surface area contributed by atoms with Crippen LogP contribution in [0, 0.1) is 6.92 Å². The average molecular weight is 354 g/mol. The van der Waals surface area contributed by atoms with Crippen molar-refractivity contribution in [2.75, 3.05) is 5.32 Å². The average Bonchev–Trinajstić information content (AvgIpc) is 2.47. The molecule has 0 saturated heterocycles. The van der Waals surface area contributed by atoms with Gasteiger partial charge < -0.3 is 5.32 Å². The van der Waals surface area contributed by atoms with Gasteiger partial charge in [0.1, 0.15) is 0 Å². The molecule has 2 aromatic carbocycles. The zero-order valence-corrected chi connectivity index (χ0v) is 13.9. The van der Waals surface area contributed by atoms with Crippen molar-refractivity contribution in [3.05, 3.63) is 63.6 Å². The number of amides is 1. The number of benzene rings is 2. The minimum atomic E-state index is -0.407. The molecule has 4 nitrogen and oxygen atoms in total. The van der Waals surface area contributed by atoms with Crippen LogP contribution in [0.15, 0.2) is 42.5 Å². The van der Waals surface area contributed by atoms with Gasteiger partial charge in [0.05, 0.1) is 10.6 Å². The maximum Gasteiger partial charge on any atom is 0.271 e. The number of halogens is 2. The van der Waals surface area contributed by atoms with E-state index in [9.17, 15) is 4.79 Å². The van der Waals surface area contributed by atoms with Gasteiger partial charge >= 0.3 is 0 Å². The third-order valence-corrected chi connectivity index (χ3v) is 3.61. The van der Waals surface area contributed by atoms with E-state index in [0.717, 1.165) is 11.3 Å². The summed E-state index contributed by atoms with van der Waals surface area (Å²) in [5, 5.41) is 4.00. The first-order valence-electron chi connectivity index (χ1n) is 6.35. The summed E-state index contributed by atoms with van der Waals surface area (Å²) in [6.07, 6.45) is 0. The lowest BCUT2D eigenvalue weighted by Crippen LogP contribution is -2.43. The van der Waals surface area contributed by atoms with Gasteiger partial charge in [-0.2, -0.15) is 0 Å². The Morgan fingerprint density at radius 1 is 1.09 bits per heavy atom. The van der Waals surface area contributed by atoms with Gasteiger partial charge in [-0.05, 0) is 49.0 Å². The Balaban J connectivity index is 1.93. The predicted molar refractivity (Wildman–Crippen MR) is 94.5 cm³/mol. The minimum Gasteiger partial charge on any atom is -0.331 e. The van der Waals surface area contributed by atoms with Crippen LogP contribution in [0.3, 0.4) is 0 Å². The highest BCUT2D eigenvalue weighted by Crippen LogP contribution is 2.20. The van der Waals surface area contributed by atoms with Crippen molar-refractivity contribution in [3.8, 4) is 0 Å². The molecule has 0 aromatic heterocycles. The molecule has 7 heteroatoms. The molecular weight excluding hydrogens is 341 g/mol. The Morgan fingerprint density at radius 2 is 1.82 bits per heavy atom. The molecule has 0 radical (unpaired) electrons. The Morgan fingerprint density at radius 3 is 2.50 bits per heavy atom. The van der Waals surface area contributed by atoms with Crippen molar-refractivity contribution >= 4 is 52.1 Å². The Bertz CT molecular complexity index is 722. The van der Waals surface area contributed by atoms with Crippen molar-refractivity contribution in [2.24, 2.45) is 0 Å². The Hall–Kier alpha value is -1.82. The summed E-state index contributed by atoms with van der Waals surface area (Å²) in [7, 11) is 0. The number of nitrogens with one attached hydrogen (secondary N) is 3. The van der Waals surface area contributed by atoms with Gasteiger partial charge in [0.25, 0.3) is 5.91 Å². The lowest BCUT2D eigenvalue weighted by atomic mass is 10.2. The molecule has 114 valence electrons. The fourth-order valence-corrected chi connectivity index (χ4v) is 2.38. The van der Waals surface area contributed by atoms with E-state index in [1.165, 1.54) is 6.07 Å². The maximum absolute atomic E-state index is 12.0. The van der Waals surface area contributed by atoms with Crippen molar-refractivity contribution < 1.29 is 4.79 Å². The lowest BCUT2D eigenvalue weighted by molar-refractivity contribution is 0.0944. The monoisotopic (exact) mass is 353 g/mol. The second-order valence-electron chi connectivity index (χ2n) is 4.47. The molecule has 0 heterocycles. The third kappa shape index (κ3) is 4.34. The SMILES string of the molecule is Cc1ccccc1NC(=S)NNC(=O)c1ccc(Cl)cc1Cl. The van der Waals surface area contributed by atoms with Crippen LogP contribution < -0.4 is 16.2 Å². The smallest absolute Gasteiger partial charge is 0.271 e. The molecule has 0 aliphatic rings. The Labute approximate surface area is 143 Å². The van der Waals surface area contributed by atoms with E-state index in [-0.39, 0.29) is 10.1 Å². The van der Waals surface area contributed by atoms with Gasteiger partial charge in [0, 0.05) is 10.7 Å². The summed E-state index contributed by atoms with van der Waals surface area (Å²) < 4.78 is 0. The number of carbonyl (C=O) groups is 1. The van der Waals surface area contributed by atoms with Crippen molar-refractivity contribution in [1.29, 1.82) is 0 Å². The first kappa shape index (κ1) is 16.5. The van der Waals surface area contributed by atoms with Crippen LogP contribution >= 0.6 is 35.4 Å². The quantitative estimate of drug-likeness (QED) is 0.565. The van der Waals surface area contributed by atoms with Gasteiger partial charge in [0.15, 0.2) is 5.11 Å². The van der Waals surface area contributed by atoms with Gasteiger partial charge in [-0.15, -0.1) is 0 Å². The molecule has 22 heavy (non-hydrogen) atoms. The van der Waals surface area contributed by atoms with Gasteiger partial charge in [0.2, 0.25) is 0 Å². The molecule has 0 atom stereocenters. The molecule has 0 aliphatic carbocycles. The normalized spacial score (nSPS) is 9.95. The number of hydrazine groups is 1. The number of hydrogen-bond donors (Lipinski definition) is 3. The van der Waals surface area contributed by atoms with Crippen LogP contribution in [0.25, 0.3) is 0 Å². The minimum absolute atomic E-state index is 0.268. The highest BCUT2D eigenvalue weighted by atomic mass is 35.5. The molecule has 0 aliphatic heterocycles. The highest BCUT2D eigenvalue weighted by Gasteiger charge is 2.11. The molecule has 2 aromatic rings. The fraction of sp³-hybridized carbons (Fsp3) is 0.0667. The number of anilines is 1. The number of para-hydroxylation sites is 1. The molecule has 3 N–H and O–H groups in total. The van der Waals surface area contributed by atoms with Crippen molar-refractivity contribution in [3.63, 3.8) is 0 Å². The van der Waals surface area contributed by atoms with E-state index in [0.29, 0.717) is 10.6 Å². The van der Waals surface area contributed by atoms with E-state index in [1.807, 2.05) is 31.2 Å². The number of hydrogen-bond acceptors (Lipinski definition) is 2. The van der Waals surface area contributed by atoms with E-state index in [1.54, 1.807) is 12.1 Å². The van der Waals surface area contributed by atoms with E-state index in [4.69, 9.17) is 35.4 Å². The molecule has 0 unspecified atom stereocenters. The van der Waals surface area contributed by atoms with Crippen LogP contribution in [0.1, 0.15) is 15.9 Å². The van der Waals surface area contributed by atoms with Crippen molar-refractivity contribution in [2.45, 2.75) is 6.92 Å². The zero-order valence-electron chi connectivity index (χ0n) is 11.6. The number of aryl methyl sites for hydroxylation is 1. The number of thiocarbonyl (C=S) groups is 1. The van der Waals surface area contributed by atoms with E-state index < -0.39 is 5.91 Å². The summed E-state index contributed by atoms with van der Waals surface area (Å²) in [5.41, 5.74) is 7.31. The topological polar surface area (TPSA) is 53.2 Å². The molecule has 0 saturated carbocycles. The zero-order chi connectivity index (χ0) is 16.1. The first-order chi connectivity index (χ1) is 10.5. The van der Waals surface area contributed by atoms with Gasteiger partial charge in [-0.3, -0.25) is 15.6 Å². The number of rotatable bonds is 2. The Kier molecular flexibility index (Phi) is 5.60. The largest absolute Gasteiger partial charge is 0.331 e. The molecule has 0 bridgehead atoms. The summed E-state index contributed by atoms with van der Waals surface area (Å²) >= 11 is 16.9. The second-order valence-corrected chi connectivity index (χ2v) is 5.72. The molecule has 1 amide bonds. The summed E-state index contributed by atoms with van der Waals surface area (Å²) in [6, 6.07) is 12.3. The third-order valence-electron chi connectivity index (χ3n) is 2.86. The summed E-state index contributed by atoms with van der Waals surface area (Å²) in [5.74, 6) is -0.407. The predicted octanol–water partition coefficient (Wildman–Crippen LogP) is 3.93. The summed E-state index contributed by atoms with van der Waals surface area (Å²) in [4.78, 5) is 12.0. The van der Waals surface area contributed by atoms with Gasteiger partial charge in [-0.25, -0.2) is 0 Å². The highest BCUT2D eigenvalue weighted by molar-refractivity contribution is 7.80. The van der Waals surface area contributed by atoms with Crippen LogP contribution in [0.5, 0.6) is 0 Å². The van der Waals surface area contributed by atoms with Crippen LogP contribution in [-0.2, 0) is 0 Å². The molecule has 2 rings (SSSR count). The van der Waals surface area contributed by atoms with E-state index >= 15 is 0 Å². The molecule has 0 spiro atoms. The number of carbonyl (C=O) groups excluding carboxylic acids is 1. The second kappa shape index (κ2) is 7.45. The molecular formula is C15H13Cl2N3OS.